The molecule has 42 heavy (non-hydrogen) atoms. The number of aromatic nitrogens is 2. The van der Waals surface area contributed by atoms with Gasteiger partial charge in [-0.05, 0) is 94.2 Å². The largest absolute Gasteiger partial charge is 0.339 e. The van der Waals surface area contributed by atoms with Gasteiger partial charge in [-0.2, -0.15) is 0 Å². The Hall–Kier alpha value is -3.46. The van der Waals surface area contributed by atoms with Crippen LogP contribution >= 0.6 is 0 Å². The van der Waals surface area contributed by atoms with Crippen molar-refractivity contribution in [1.82, 2.24) is 29.2 Å². The number of fused-ring (bicyclic) bond motifs is 1. The Kier molecular flexibility index (Phi) is 8.87. The lowest BCUT2D eigenvalue weighted by atomic mass is 9.96. The lowest BCUT2D eigenvalue weighted by Crippen LogP contribution is -2.45. The molecule has 2 saturated heterocycles. The summed E-state index contributed by atoms with van der Waals surface area (Å²) >= 11 is 0. The molecule has 9 heteroatoms. The van der Waals surface area contributed by atoms with Crippen LogP contribution in [0, 0.1) is 24.6 Å². The molecule has 2 aromatic heterocycles. The van der Waals surface area contributed by atoms with Gasteiger partial charge < -0.3 is 24.2 Å². The Morgan fingerprint density at radius 1 is 1.05 bits per heavy atom. The fourth-order valence-corrected chi connectivity index (χ4v) is 6.62. The Labute approximate surface area is 249 Å². The van der Waals surface area contributed by atoms with Crippen molar-refractivity contribution in [2.75, 3.05) is 53.9 Å². The first-order chi connectivity index (χ1) is 20.0. The molecule has 3 aromatic rings. The van der Waals surface area contributed by atoms with Crippen molar-refractivity contribution in [1.29, 1.82) is 0 Å². The molecular formula is C33H45FN6O2. The molecule has 0 saturated carbocycles. The first-order valence-corrected chi connectivity index (χ1v) is 15.2. The third kappa shape index (κ3) is 6.16. The number of likely N-dealkylation sites (tertiary alicyclic amines) is 2. The van der Waals surface area contributed by atoms with Crippen LogP contribution in [0.2, 0.25) is 0 Å². The summed E-state index contributed by atoms with van der Waals surface area (Å²) in [5, 5.41) is 1.17. The van der Waals surface area contributed by atoms with E-state index in [2.05, 4.69) is 23.0 Å². The number of piperidine rings is 1. The molecule has 1 aromatic carbocycles. The fraction of sp³-hybridized carbons (Fsp3) is 0.545. The summed E-state index contributed by atoms with van der Waals surface area (Å²) in [5.74, 6) is 0.537. The molecule has 226 valence electrons. The molecular weight excluding hydrogens is 531 g/mol. The summed E-state index contributed by atoms with van der Waals surface area (Å²) in [4.78, 5) is 38.1. The first-order valence-electron chi connectivity index (χ1n) is 15.2. The molecule has 0 spiro atoms. The number of urea groups is 1. The highest BCUT2D eigenvalue weighted by atomic mass is 19.1. The van der Waals surface area contributed by atoms with Crippen molar-refractivity contribution >= 4 is 22.8 Å². The summed E-state index contributed by atoms with van der Waals surface area (Å²) in [5.41, 5.74) is 4.30. The standard InChI is InChI=1S/C33H45FN6O2/c1-22(2)37(6)32(41)28-16-27(34)7-8-29(28)40-21-26(31-23(3)17-35-18-30(31)40)15-25-9-12-38(20-25)19-24-10-13-39(14-11-24)33(42)36(4)5/h7-8,16-18,21-22,24-25H,9-15,19-20H2,1-6H3/t25-/m1/s1. The Morgan fingerprint density at radius 3 is 2.45 bits per heavy atom. The summed E-state index contributed by atoms with van der Waals surface area (Å²) in [6, 6.07) is 4.58. The topological polar surface area (TPSA) is 64.9 Å². The van der Waals surface area contributed by atoms with E-state index in [4.69, 9.17) is 0 Å². The minimum atomic E-state index is -0.425. The van der Waals surface area contributed by atoms with E-state index < -0.39 is 5.82 Å². The van der Waals surface area contributed by atoms with Crippen LogP contribution in [0.4, 0.5) is 9.18 Å². The molecule has 0 bridgehead atoms. The highest BCUT2D eigenvalue weighted by molar-refractivity contribution is 5.99. The lowest BCUT2D eigenvalue weighted by molar-refractivity contribution is 0.0754. The number of pyridine rings is 1. The number of rotatable bonds is 7. The van der Waals surface area contributed by atoms with E-state index in [9.17, 15) is 14.0 Å². The number of amides is 3. The fourth-order valence-electron chi connectivity index (χ4n) is 6.62. The summed E-state index contributed by atoms with van der Waals surface area (Å²) in [6.45, 7) is 10.9. The van der Waals surface area contributed by atoms with Crippen LogP contribution in [-0.2, 0) is 6.42 Å². The van der Waals surface area contributed by atoms with Gasteiger partial charge in [0.1, 0.15) is 5.82 Å². The quantitative estimate of drug-likeness (QED) is 0.387. The summed E-state index contributed by atoms with van der Waals surface area (Å²) in [7, 11) is 5.39. The van der Waals surface area contributed by atoms with E-state index >= 15 is 0 Å². The second-order valence-corrected chi connectivity index (χ2v) is 12.8. The van der Waals surface area contributed by atoms with Gasteiger partial charge in [0.05, 0.1) is 23.0 Å². The molecule has 8 nitrogen and oxygen atoms in total. The molecule has 0 radical (unpaired) electrons. The highest BCUT2D eigenvalue weighted by Gasteiger charge is 2.30. The van der Waals surface area contributed by atoms with Gasteiger partial charge in [-0.25, -0.2) is 9.18 Å². The van der Waals surface area contributed by atoms with Crippen LogP contribution in [-0.4, -0.2) is 101 Å². The number of carbonyl (C=O) groups excluding carboxylic acids is 2. The zero-order valence-corrected chi connectivity index (χ0v) is 25.9. The van der Waals surface area contributed by atoms with E-state index in [0.29, 0.717) is 23.1 Å². The zero-order valence-electron chi connectivity index (χ0n) is 25.9. The van der Waals surface area contributed by atoms with Crippen molar-refractivity contribution in [2.24, 2.45) is 11.8 Å². The van der Waals surface area contributed by atoms with Crippen molar-refractivity contribution in [2.45, 2.75) is 52.5 Å². The molecule has 0 aliphatic carbocycles. The van der Waals surface area contributed by atoms with Crippen LogP contribution < -0.4 is 0 Å². The Morgan fingerprint density at radius 2 is 1.76 bits per heavy atom. The third-order valence-corrected chi connectivity index (χ3v) is 9.19. The number of hydrogen-bond acceptors (Lipinski definition) is 4. The van der Waals surface area contributed by atoms with Gasteiger partial charge in [-0.15, -0.1) is 0 Å². The SMILES string of the molecule is Cc1cncc2c1c(C[C@H]1CCN(CC3CCN(C(=O)N(C)C)CC3)C1)cn2-c1ccc(F)cc1C(=O)N(C)C(C)C. The summed E-state index contributed by atoms with van der Waals surface area (Å²) < 4.78 is 16.4. The monoisotopic (exact) mass is 576 g/mol. The van der Waals surface area contributed by atoms with E-state index in [1.165, 1.54) is 23.1 Å². The van der Waals surface area contributed by atoms with Crippen molar-refractivity contribution in [3.05, 3.63) is 59.3 Å². The van der Waals surface area contributed by atoms with Crippen molar-refractivity contribution < 1.29 is 14.0 Å². The maximum Gasteiger partial charge on any atom is 0.319 e. The molecule has 1 atom stereocenters. The smallest absolute Gasteiger partial charge is 0.319 e. The third-order valence-electron chi connectivity index (χ3n) is 9.19. The number of aryl methyl sites for hydroxylation is 1. The Bertz CT molecular complexity index is 1440. The molecule has 2 aliphatic heterocycles. The van der Waals surface area contributed by atoms with Gasteiger partial charge in [0.2, 0.25) is 0 Å². The number of nitrogens with zero attached hydrogens (tertiary/aromatic N) is 6. The van der Waals surface area contributed by atoms with Crippen LogP contribution in [0.5, 0.6) is 0 Å². The van der Waals surface area contributed by atoms with Gasteiger partial charge in [0, 0.05) is 71.1 Å². The minimum Gasteiger partial charge on any atom is -0.339 e. The van der Waals surface area contributed by atoms with E-state index in [1.807, 2.05) is 49.8 Å². The maximum atomic E-state index is 14.4. The maximum absolute atomic E-state index is 14.4. The highest BCUT2D eigenvalue weighted by Crippen LogP contribution is 2.33. The molecule has 0 N–H and O–H groups in total. The van der Waals surface area contributed by atoms with E-state index in [-0.39, 0.29) is 18.0 Å². The predicted molar refractivity (Wildman–Crippen MR) is 165 cm³/mol. The molecule has 0 unspecified atom stereocenters. The second-order valence-electron chi connectivity index (χ2n) is 12.8. The van der Waals surface area contributed by atoms with Gasteiger partial charge in [0.25, 0.3) is 5.91 Å². The molecule has 3 amide bonds. The lowest BCUT2D eigenvalue weighted by Gasteiger charge is -2.35. The Balaban J connectivity index is 1.33. The number of benzene rings is 1. The van der Waals surface area contributed by atoms with Crippen molar-refractivity contribution in [3.8, 4) is 5.69 Å². The summed E-state index contributed by atoms with van der Waals surface area (Å²) in [6.07, 6.45) is 10.1. The predicted octanol–water partition coefficient (Wildman–Crippen LogP) is 5.21. The van der Waals surface area contributed by atoms with Gasteiger partial charge in [-0.1, -0.05) is 0 Å². The van der Waals surface area contributed by atoms with Gasteiger partial charge in [-0.3, -0.25) is 9.78 Å². The van der Waals surface area contributed by atoms with Crippen molar-refractivity contribution in [3.63, 3.8) is 0 Å². The molecule has 2 fully saturated rings. The van der Waals surface area contributed by atoms with E-state index in [0.717, 1.165) is 69.5 Å². The van der Waals surface area contributed by atoms with Crippen LogP contribution in [0.25, 0.3) is 16.6 Å². The first kappa shape index (κ1) is 30.0. The van der Waals surface area contributed by atoms with Crippen LogP contribution in [0.1, 0.15) is 54.6 Å². The normalized spacial score (nSPS) is 18.3. The van der Waals surface area contributed by atoms with Crippen LogP contribution in [0.3, 0.4) is 0 Å². The van der Waals surface area contributed by atoms with Crippen LogP contribution in [0.15, 0.2) is 36.8 Å². The molecule has 5 rings (SSSR count). The van der Waals surface area contributed by atoms with Gasteiger partial charge in [0.15, 0.2) is 0 Å². The average Bonchev–Trinajstić information content (AvgIpc) is 3.57. The number of carbonyl (C=O) groups is 2. The minimum absolute atomic E-state index is 0.00658. The number of hydrogen-bond donors (Lipinski definition) is 0. The molecule has 4 heterocycles. The zero-order chi connectivity index (χ0) is 30.1. The average molecular weight is 577 g/mol. The molecule has 2 aliphatic rings. The van der Waals surface area contributed by atoms with E-state index in [1.54, 1.807) is 22.9 Å². The second kappa shape index (κ2) is 12.4. The van der Waals surface area contributed by atoms with Gasteiger partial charge >= 0.3 is 6.03 Å². The number of halogens is 1.